The minimum atomic E-state index is -0.379. The fourth-order valence-corrected chi connectivity index (χ4v) is 3.95. The topological polar surface area (TPSA) is 69.6 Å². The van der Waals surface area contributed by atoms with E-state index in [0.29, 0.717) is 18.8 Å². The lowest BCUT2D eigenvalue weighted by atomic mass is 10.1. The molecule has 7 nitrogen and oxygen atoms in total. The highest BCUT2D eigenvalue weighted by atomic mass is 16.2. The molecular weight excluding hydrogens is 354 g/mol. The molecule has 7 heteroatoms. The maximum absolute atomic E-state index is 13.0. The number of aromatic nitrogens is 2. The number of amides is 2. The molecule has 1 aromatic carbocycles. The van der Waals surface area contributed by atoms with Gasteiger partial charge in [-0.1, -0.05) is 17.7 Å². The third-order valence-electron chi connectivity index (χ3n) is 5.42. The Kier molecular flexibility index (Phi) is 4.85. The quantitative estimate of drug-likeness (QED) is 0.758. The highest BCUT2D eigenvalue weighted by Crippen LogP contribution is 2.27. The highest BCUT2D eigenvalue weighted by Gasteiger charge is 2.43. The van der Waals surface area contributed by atoms with Crippen LogP contribution in [0.15, 0.2) is 30.3 Å². The van der Waals surface area contributed by atoms with E-state index in [-0.39, 0.29) is 24.3 Å². The molecule has 4 rings (SSSR count). The number of nitrogens with zero attached hydrogens (tertiary/aromatic N) is 5. The van der Waals surface area contributed by atoms with Crippen LogP contribution in [0.2, 0.25) is 0 Å². The molecule has 146 valence electrons. The minimum Gasteiger partial charge on any atom is -0.338 e. The van der Waals surface area contributed by atoms with Crippen molar-refractivity contribution in [3.05, 3.63) is 47.3 Å². The summed E-state index contributed by atoms with van der Waals surface area (Å²) in [7, 11) is 0. The zero-order valence-corrected chi connectivity index (χ0v) is 16.6. The Bertz CT molecular complexity index is 883. The van der Waals surface area contributed by atoms with Gasteiger partial charge in [0.25, 0.3) is 5.91 Å². The molecule has 2 aliphatic heterocycles. The van der Waals surface area contributed by atoms with Crippen LogP contribution in [0.5, 0.6) is 0 Å². The van der Waals surface area contributed by atoms with E-state index in [1.54, 1.807) is 0 Å². The first-order chi connectivity index (χ1) is 13.4. The second-order valence-corrected chi connectivity index (χ2v) is 7.60. The number of anilines is 2. The van der Waals surface area contributed by atoms with Crippen molar-refractivity contribution in [3.8, 4) is 0 Å². The smallest absolute Gasteiger partial charge is 0.251 e. The van der Waals surface area contributed by atoms with Gasteiger partial charge >= 0.3 is 0 Å². The standard InChI is InChI=1S/C21H25N5O2/c1-14-4-6-17(7-5-14)26-19(27)13-18(20(26)28)24-8-10-25(11-9-24)21-22-15(2)12-16(3)23-21/h4-7,12,18H,8-11,13H2,1-3H3/t18-/m0/s1. The number of carbonyl (C=O) groups is 2. The first kappa shape index (κ1) is 18.6. The fourth-order valence-electron chi connectivity index (χ4n) is 3.95. The predicted molar refractivity (Wildman–Crippen MR) is 107 cm³/mol. The monoisotopic (exact) mass is 379 g/mol. The van der Waals surface area contributed by atoms with Gasteiger partial charge in [0.05, 0.1) is 18.2 Å². The van der Waals surface area contributed by atoms with Crippen LogP contribution in [0.25, 0.3) is 0 Å². The molecule has 0 unspecified atom stereocenters. The molecule has 0 bridgehead atoms. The molecule has 2 fully saturated rings. The number of aryl methyl sites for hydroxylation is 3. The Labute approximate surface area is 165 Å². The zero-order valence-electron chi connectivity index (χ0n) is 16.6. The van der Waals surface area contributed by atoms with Gasteiger partial charge in [0.15, 0.2) is 0 Å². The van der Waals surface area contributed by atoms with Gasteiger partial charge in [-0.05, 0) is 39.0 Å². The molecule has 3 heterocycles. The van der Waals surface area contributed by atoms with Crippen molar-refractivity contribution in [1.29, 1.82) is 0 Å². The van der Waals surface area contributed by atoms with E-state index in [9.17, 15) is 9.59 Å². The number of rotatable bonds is 3. The molecule has 2 saturated heterocycles. The van der Waals surface area contributed by atoms with Crippen LogP contribution in [-0.4, -0.2) is 58.9 Å². The first-order valence-corrected chi connectivity index (χ1v) is 9.67. The van der Waals surface area contributed by atoms with Gasteiger partial charge in [-0.3, -0.25) is 14.5 Å². The van der Waals surface area contributed by atoms with Crippen LogP contribution < -0.4 is 9.80 Å². The fraction of sp³-hybridized carbons (Fsp3) is 0.429. The molecule has 0 spiro atoms. The summed E-state index contributed by atoms with van der Waals surface area (Å²) in [5.74, 6) is 0.496. The van der Waals surface area contributed by atoms with E-state index in [0.717, 1.165) is 36.0 Å². The van der Waals surface area contributed by atoms with Crippen LogP contribution in [0.1, 0.15) is 23.4 Å². The van der Waals surface area contributed by atoms with Crippen LogP contribution >= 0.6 is 0 Å². The Morgan fingerprint density at radius 2 is 1.50 bits per heavy atom. The van der Waals surface area contributed by atoms with Gasteiger partial charge in [0.1, 0.15) is 0 Å². The van der Waals surface area contributed by atoms with E-state index >= 15 is 0 Å². The van der Waals surface area contributed by atoms with E-state index in [2.05, 4.69) is 19.8 Å². The Morgan fingerprint density at radius 3 is 2.11 bits per heavy atom. The molecule has 28 heavy (non-hydrogen) atoms. The Morgan fingerprint density at radius 1 is 0.893 bits per heavy atom. The number of imide groups is 1. The molecule has 2 aromatic rings. The van der Waals surface area contributed by atoms with Crippen molar-refractivity contribution >= 4 is 23.5 Å². The summed E-state index contributed by atoms with van der Waals surface area (Å²) in [6, 6.07) is 9.10. The minimum absolute atomic E-state index is 0.120. The normalized spacial score (nSPS) is 20.9. The van der Waals surface area contributed by atoms with Crippen LogP contribution in [0, 0.1) is 20.8 Å². The van der Waals surface area contributed by atoms with Crippen molar-refractivity contribution in [2.24, 2.45) is 0 Å². The van der Waals surface area contributed by atoms with Gasteiger partial charge in [0.2, 0.25) is 11.9 Å². The van der Waals surface area contributed by atoms with E-state index in [1.165, 1.54) is 4.90 Å². The number of carbonyl (C=O) groups excluding carboxylic acids is 2. The van der Waals surface area contributed by atoms with E-state index in [1.807, 2.05) is 51.1 Å². The van der Waals surface area contributed by atoms with Crippen LogP contribution in [0.4, 0.5) is 11.6 Å². The molecule has 0 saturated carbocycles. The van der Waals surface area contributed by atoms with Crippen LogP contribution in [-0.2, 0) is 9.59 Å². The second-order valence-electron chi connectivity index (χ2n) is 7.60. The highest BCUT2D eigenvalue weighted by molar-refractivity contribution is 6.22. The van der Waals surface area contributed by atoms with Gasteiger partial charge in [-0.25, -0.2) is 14.9 Å². The molecule has 1 atom stereocenters. The second kappa shape index (κ2) is 7.31. The summed E-state index contributed by atoms with van der Waals surface area (Å²) < 4.78 is 0. The largest absolute Gasteiger partial charge is 0.338 e. The van der Waals surface area contributed by atoms with E-state index < -0.39 is 0 Å². The Balaban J connectivity index is 1.44. The summed E-state index contributed by atoms with van der Waals surface area (Å²) in [4.78, 5) is 40.2. The third kappa shape index (κ3) is 3.49. The summed E-state index contributed by atoms with van der Waals surface area (Å²) >= 11 is 0. The van der Waals surface area contributed by atoms with Gasteiger partial charge < -0.3 is 4.90 Å². The Hall–Kier alpha value is -2.80. The maximum Gasteiger partial charge on any atom is 0.251 e. The van der Waals surface area contributed by atoms with Crippen molar-refractivity contribution < 1.29 is 9.59 Å². The van der Waals surface area contributed by atoms with Crippen molar-refractivity contribution in [2.75, 3.05) is 36.0 Å². The van der Waals surface area contributed by atoms with E-state index in [4.69, 9.17) is 0 Å². The third-order valence-corrected chi connectivity index (χ3v) is 5.42. The zero-order chi connectivity index (χ0) is 19.8. The number of hydrogen-bond acceptors (Lipinski definition) is 6. The average molecular weight is 379 g/mol. The summed E-state index contributed by atoms with van der Waals surface area (Å²) in [6.07, 6.45) is 0.243. The molecular formula is C21H25N5O2. The number of piperazine rings is 1. The molecule has 2 aliphatic rings. The SMILES string of the molecule is Cc1ccc(N2C(=O)C[C@H](N3CCN(c4nc(C)cc(C)n4)CC3)C2=O)cc1. The lowest BCUT2D eigenvalue weighted by Crippen LogP contribution is -2.53. The molecule has 0 aliphatic carbocycles. The lowest BCUT2D eigenvalue weighted by Gasteiger charge is -2.37. The van der Waals surface area contributed by atoms with Crippen molar-refractivity contribution in [2.45, 2.75) is 33.2 Å². The van der Waals surface area contributed by atoms with Gasteiger partial charge in [-0.2, -0.15) is 0 Å². The summed E-state index contributed by atoms with van der Waals surface area (Å²) in [5, 5.41) is 0. The maximum atomic E-state index is 13.0. The number of benzene rings is 1. The van der Waals surface area contributed by atoms with Gasteiger partial charge in [0, 0.05) is 37.6 Å². The predicted octanol–water partition coefficient (Wildman–Crippen LogP) is 1.86. The molecule has 1 aromatic heterocycles. The molecule has 2 amide bonds. The summed E-state index contributed by atoms with van der Waals surface area (Å²) in [5.41, 5.74) is 3.67. The summed E-state index contributed by atoms with van der Waals surface area (Å²) in [6.45, 7) is 8.83. The first-order valence-electron chi connectivity index (χ1n) is 9.67. The molecule has 0 radical (unpaired) electrons. The van der Waals surface area contributed by atoms with Gasteiger partial charge in [-0.15, -0.1) is 0 Å². The number of hydrogen-bond donors (Lipinski definition) is 0. The van der Waals surface area contributed by atoms with Crippen molar-refractivity contribution in [1.82, 2.24) is 14.9 Å². The average Bonchev–Trinajstić information content (AvgIpc) is 2.96. The van der Waals surface area contributed by atoms with Crippen LogP contribution in [0.3, 0.4) is 0 Å². The lowest BCUT2D eigenvalue weighted by molar-refractivity contribution is -0.123. The van der Waals surface area contributed by atoms with Crippen molar-refractivity contribution in [3.63, 3.8) is 0 Å². The molecule has 0 N–H and O–H groups in total.